The van der Waals surface area contributed by atoms with Crippen molar-refractivity contribution in [2.75, 3.05) is 29.7 Å². The maximum absolute atomic E-state index is 9.51. The predicted octanol–water partition coefficient (Wildman–Crippen LogP) is 3.29. The van der Waals surface area contributed by atoms with Crippen molar-refractivity contribution in [1.82, 2.24) is 15.0 Å². The zero-order valence-corrected chi connectivity index (χ0v) is 17.3. The summed E-state index contributed by atoms with van der Waals surface area (Å²) in [4.78, 5) is 13.4. The second kappa shape index (κ2) is 11.0. The molecule has 2 aromatic carbocycles. The lowest BCUT2D eigenvalue weighted by atomic mass is 10.2. The van der Waals surface area contributed by atoms with Crippen LogP contribution >= 0.6 is 0 Å². The van der Waals surface area contributed by atoms with E-state index in [-0.39, 0.29) is 12.6 Å². The van der Waals surface area contributed by atoms with E-state index in [4.69, 9.17) is 4.74 Å². The second-order valence-electron chi connectivity index (χ2n) is 6.74. The predicted molar refractivity (Wildman–Crippen MR) is 119 cm³/mol. The molecule has 4 N–H and O–H groups in total. The number of para-hydroxylation sites is 1. The molecule has 30 heavy (non-hydrogen) atoms. The first-order chi connectivity index (χ1) is 14.7. The molecule has 1 aromatic heterocycles. The number of aliphatic hydroxyl groups excluding tert-OH is 1. The number of aromatic nitrogens is 3. The molecule has 0 unspecified atom stereocenters. The van der Waals surface area contributed by atoms with Crippen molar-refractivity contribution in [1.29, 1.82) is 0 Å². The first-order valence-corrected chi connectivity index (χ1v) is 9.98. The van der Waals surface area contributed by atoms with Gasteiger partial charge in [0, 0.05) is 18.7 Å². The molecule has 1 heterocycles. The minimum Gasteiger partial charge on any atom is -0.496 e. The van der Waals surface area contributed by atoms with Crippen LogP contribution in [0.1, 0.15) is 24.5 Å². The summed E-state index contributed by atoms with van der Waals surface area (Å²) in [7, 11) is 1.65. The summed E-state index contributed by atoms with van der Waals surface area (Å²) in [6.45, 7) is 3.08. The van der Waals surface area contributed by atoms with E-state index in [1.54, 1.807) is 7.11 Å². The van der Waals surface area contributed by atoms with Crippen molar-refractivity contribution in [2.45, 2.75) is 32.5 Å². The fraction of sp³-hybridized carbons (Fsp3) is 0.318. The Morgan fingerprint density at radius 2 is 1.50 bits per heavy atom. The van der Waals surface area contributed by atoms with Crippen molar-refractivity contribution in [2.24, 2.45) is 0 Å². The van der Waals surface area contributed by atoms with Gasteiger partial charge in [0.15, 0.2) is 0 Å². The van der Waals surface area contributed by atoms with E-state index >= 15 is 0 Å². The molecule has 1 atom stereocenters. The molecular weight excluding hydrogens is 380 g/mol. The Hall–Kier alpha value is -3.39. The van der Waals surface area contributed by atoms with Crippen LogP contribution in [0.4, 0.5) is 17.8 Å². The Bertz CT molecular complexity index is 919. The van der Waals surface area contributed by atoms with Crippen LogP contribution in [-0.2, 0) is 13.1 Å². The van der Waals surface area contributed by atoms with Crippen molar-refractivity contribution in [3.05, 3.63) is 65.7 Å². The van der Waals surface area contributed by atoms with Crippen LogP contribution in [0.15, 0.2) is 54.6 Å². The fourth-order valence-electron chi connectivity index (χ4n) is 2.86. The summed E-state index contributed by atoms with van der Waals surface area (Å²) in [5.74, 6) is 2.09. The standard InChI is InChI=1S/C22H28N6O2/c1-3-18(15-29)25-22-27-20(23-13-16-9-5-4-6-10-16)26-21(28-22)24-14-17-11-7-8-12-19(17)30-2/h4-12,18,29H,3,13-15H2,1-2H3,(H3,23,24,25,26,27,28)/t18-/m1/s1. The summed E-state index contributed by atoms with van der Waals surface area (Å²) in [6.07, 6.45) is 0.749. The molecule has 8 nitrogen and oxygen atoms in total. The third-order valence-electron chi connectivity index (χ3n) is 4.60. The molecule has 0 bridgehead atoms. The molecule has 0 aliphatic rings. The molecule has 158 valence electrons. The molecular formula is C22H28N6O2. The summed E-state index contributed by atoms with van der Waals surface area (Å²) in [6, 6.07) is 17.7. The fourth-order valence-corrected chi connectivity index (χ4v) is 2.86. The van der Waals surface area contributed by atoms with Crippen LogP contribution in [0.5, 0.6) is 5.75 Å². The zero-order valence-electron chi connectivity index (χ0n) is 17.3. The number of nitrogens with one attached hydrogen (secondary N) is 3. The van der Waals surface area contributed by atoms with Crippen LogP contribution in [-0.4, -0.2) is 39.8 Å². The molecule has 0 aliphatic heterocycles. The monoisotopic (exact) mass is 408 g/mol. The van der Waals surface area contributed by atoms with Crippen molar-refractivity contribution < 1.29 is 9.84 Å². The molecule has 8 heteroatoms. The minimum absolute atomic E-state index is 0.00106. The van der Waals surface area contributed by atoms with Crippen molar-refractivity contribution in [3.8, 4) is 5.75 Å². The van der Waals surface area contributed by atoms with Crippen LogP contribution in [0, 0.1) is 0 Å². The van der Waals surface area contributed by atoms with Gasteiger partial charge in [-0.05, 0) is 18.1 Å². The first-order valence-electron chi connectivity index (χ1n) is 9.98. The van der Waals surface area contributed by atoms with Gasteiger partial charge in [-0.1, -0.05) is 55.5 Å². The van der Waals surface area contributed by atoms with Crippen LogP contribution in [0.2, 0.25) is 0 Å². The number of hydrogen-bond acceptors (Lipinski definition) is 8. The lowest BCUT2D eigenvalue weighted by Crippen LogP contribution is -2.24. The lowest BCUT2D eigenvalue weighted by molar-refractivity contribution is 0.271. The van der Waals surface area contributed by atoms with Gasteiger partial charge in [-0.25, -0.2) is 0 Å². The first kappa shape index (κ1) is 21.3. The van der Waals surface area contributed by atoms with Gasteiger partial charge in [0.2, 0.25) is 17.8 Å². The van der Waals surface area contributed by atoms with Gasteiger partial charge >= 0.3 is 0 Å². The number of hydrogen-bond donors (Lipinski definition) is 4. The molecule has 0 spiro atoms. The van der Waals surface area contributed by atoms with Crippen molar-refractivity contribution >= 4 is 17.8 Å². The molecule has 0 amide bonds. The molecule has 0 fully saturated rings. The largest absolute Gasteiger partial charge is 0.496 e. The van der Waals surface area contributed by atoms with Gasteiger partial charge in [-0.2, -0.15) is 15.0 Å². The maximum Gasteiger partial charge on any atom is 0.229 e. The number of benzene rings is 2. The normalized spacial score (nSPS) is 11.6. The Balaban J connectivity index is 1.77. The molecule has 3 aromatic rings. The van der Waals surface area contributed by atoms with Crippen LogP contribution in [0.25, 0.3) is 0 Å². The summed E-state index contributed by atoms with van der Waals surface area (Å²) >= 11 is 0. The molecule has 0 saturated carbocycles. The number of anilines is 3. The molecule has 0 aliphatic carbocycles. The number of rotatable bonds is 11. The van der Waals surface area contributed by atoms with Gasteiger partial charge in [0.25, 0.3) is 0 Å². The highest BCUT2D eigenvalue weighted by Gasteiger charge is 2.11. The highest BCUT2D eigenvalue weighted by molar-refractivity contribution is 5.44. The molecule has 0 saturated heterocycles. The van der Waals surface area contributed by atoms with E-state index in [2.05, 4.69) is 30.9 Å². The van der Waals surface area contributed by atoms with E-state index in [9.17, 15) is 5.11 Å². The highest BCUT2D eigenvalue weighted by atomic mass is 16.5. The summed E-state index contributed by atoms with van der Waals surface area (Å²) in [5.41, 5.74) is 2.12. The van der Waals surface area contributed by atoms with Gasteiger partial charge in [0.1, 0.15) is 5.75 Å². The van der Waals surface area contributed by atoms with E-state index in [0.717, 1.165) is 23.3 Å². The number of aliphatic hydroxyl groups is 1. The Labute approximate surface area is 176 Å². The average Bonchev–Trinajstić information content (AvgIpc) is 2.80. The van der Waals surface area contributed by atoms with Gasteiger partial charge in [-0.15, -0.1) is 0 Å². The third-order valence-corrected chi connectivity index (χ3v) is 4.60. The SMILES string of the molecule is CC[C@H](CO)Nc1nc(NCc2ccccc2)nc(NCc2ccccc2OC)n1. The summed E-state index contributed by atoms with van der Waals surface area (Å²) < 4.78 is 5.40. The van der Waals surface area contributed by atoms with Gasteiger partial charge in [-0.3, -0.25) is 0 Å². The van der Waals surface area contributed by atoms with Crippen LogP contribution < -0.4 is 20.7 Å². The topological polar surface area (TPSA) is 104 Å². The number of methoxy groups -OCH3 is 1. The summed E-state index contributed by atoms with van der Waals surface area (Å²) in [5, 5.41) is 19.2. The van der Waals surface area contributed by atoms with E-state index < -0.39 is 0 Å². The lowest BCUT2D eigenvalue weighted by Gasteiger charge is -2.16. The second-order valence-corrected chi connectivity index (χ2v) is 6.74. The Morgan fingerprint density at radius 1 is 0.867 bits per heavy atom. The number of ether oxygens (including phenoxy) is 1. The Morgan fingerprint density at radius 3 is 2.17 bits per heavy atom. The maximum atomic E-state index is 9.51. The van der Waals surface area contributed by atoms with Crippen LogP contribution in [0.3, 0.4) is 0 Å². The highest BCUT2D eigenvalue weighted by Crippen LogP contribution is 2.19. The van der Waals surface area contributed by atoms with E-state index in [0.29, 0.717) is 30.9 Å². The molecule has 3 rings (SSSR count). The quantitative estimate of drug-likeness (QED) is 0.383. The number of nitrogens with zero attached hydrogens (tertiary/aromatic N) is 3. The van der Waals surface area contributed by atoms with E-state index in [1.807, 2.05) is 61.5 Å². The van der Waals surface area contributed by atoms with Gasteiger partial charge < -0.3 is 25.8 Å². The Kier molecular flexibility index (Phi) is 7.79. The third kappa shape index (κ3) is 6.05. The molecule has 0 radical (unpaired) electrons. The minimum atomic E-state index is -0.128. The average molecular weight is 409 g/mol. The van der Waals surface area contributed by atoms with Gasteiger partial charge in [0.05, 0.1) is 19.8 Å². The zero-order chi connectivity index (χ0) is 21.2. The van der Waals surface area contributed by atoms with Crippen molar-refractivity contribution in [3.63, 3.8) is 0 Å². The smallest absolute Gasteiger partial charge is 0.229 e. The van der Waals surface area contributed by atoms with E-state index in [1.165, 1.54) is 0 Å².